The van der Waals surface area contributed by atoms with Crippen molar-refractivity contribution >= 4 is 17.3 Å². The van der Waals surface area contributed by atoms with Gasteiger partial charge in [0.2, 0.25) is 5.75 Å². The van der Waals surface area contributed by atoms with E-state index < -0.39 is 23.0 Å². The number of nitro benzene ring substituents is 1. The van der Waals surface area contributed by atoms with Crippen molar-refractivity contribution in [3.05, 3.63) is 33.9 Å². The molecule has 4 nitrogen and oxygen atoms in total. The van der Waals surface area contributed by atoms with E-state index in [4.69, 9.17) is 11.6 Å². The molecule has 0 N–H and O–H groups in total. The van der Waals surface area contributed by atoms with E-state index in [1.54, 1.807) is 0 Å². The molecule has 0 radical (unpaired) electrons. The molecule has 15 heavy (non-hydrogen) atoms. The summed E-state index contributed by atoms with van der Waals surface area (Å²) < 4.78 is 27.9. The number of hydrogen-bond donors (Lipinski definition) is 0. The fraction of sp³-hybridized carbons (Fsp3) is 0.250. The predicted molar refractivity (Wildman–Crippen MR) is 49.3 cm³/mol. The molecule has 82 valence electrons. The summed E-state index contributed by atoms with van der Waals surface area (Å²) in [6.07, 6.45) is 0. The lowest BCUT2D eigenvalue weighted by molar-refractivity contribution is -0.386. The van der Waals surface area contributed by atoms with Crippen LogP contribution in [0.5, 0.6) is 5.75 Å². The molecule has 1 rings (SSSR count). The van der Waals surface area contributed by atoms with Gasteiger partial charge in [0, 0.05) is 11.9 Å². The van der Waals surface area contributed by atoms with Crippen molar-refractivity contribution in [1.82, 2.24) is 0 Å². The van der Waals surface area contributed by atoms with Gasteiger partial charge in [0.25, 0.3) is 0 Å². The van der Waals surface area contributed by atoms with Crippen LogP contribution in [0.2, 0.25) is 0 Å². The van der Waals surface area contributed by atoms with E-state index in [1.165, 1.54) is 6.07 Å². The highest BCUT2D eigenvalue weighted by atomic mass is 35.5. The van der Waals surface area contributed by atoms with E-state index in [-0.39, 0.29) is 5.88 Å². The molecular formula is C8H6ClF2NO3. The molecule has 0 aliphatic heterocycles. The van der Waals surface area contributed by atoms with Crippen LogP contribution in [-0.2, 0) is 5.88 Å². The Morgan fingerprint density at radius 2 is 2.20 bits per heavy atom. The zero-order chi connectivity index (χ0) is 11.4. The number of alkyl halides is 3. The first-order valence-corrected chi connectivity index (χ1v) is 4.36. The average molecular weight is 238 g/mol. The van der Waals surface area contributed by atoms with Gasteiger partial charge in [0.15, 0.2) is 0 Å². The summed E-state index contributed by atoms with van der Waals surface area (Å²) >= 11 is 5.45. The Kier molecular flexibility index (Phi) is 3.79. The molecule has 0 heterocycles. The van der Waals surface area contributed by atoms with Gasteiger partial charge in [-0.1, -0.05) is 6.07 Å². The molecule has 0 bridgehead atoms. The molecule has 0 amide bonds. The first-order chi connectivity index (χ1) is 7.04. The monoisotopic (exact) mass is 237 g/mol. The maximum atomic E-state index is 11.9. The molecule has 1 aromatic rings. The Balaban J connectivity index is 3.10. The van der Waals surface area contributed by atoms with Crippen molar-refractivity contribution in [3.8, 4) is 5.75 Å². The van der Waals surface area contributed by atoms with Gasteiger partial charge in [0.05, 0.1) is 4.92 Å². The number of hydrogen-bond acceptors (Lipinski definition) is 3. The Morgan fingerprint density at radius 1 is 1.53 bits per heavy atom. The van der Waals surface area contributed by atoms with E-state index in [1.807, 2.05) is 0 Å². The van der Waals surface area contributed by atoms with Crippen molar-refractivity contribution in [2.45, 2.75) is 12.5 Å². The zero-order valence-corrected chi connectivity index (χ0v) is 8.08. The third kappa shape index (κ3) is 3.02. The summed E-state index contributed by atoms with van der Waals surface area (Å²) in [5, 5.41) is 10.5. The van der Waals surface area contributed by atoms with E-state index >= 15 is 0 Å². The third-order valence-electron chi connectivity index (χ3n) is 1.59. The highest BCUT2D eigenvalue weighted by Gasteiger charge is 2.18. The molecule has 0 saturated carbocycles. The standard InChI is InChI=1S/C8H6ClF2NO3/c9-4-5-1-2-6(12(13)14)7(3-5)15-8(10)11/h1-3,8H,4H2. The third-order valence-corrected chi connectivity index (χ3v) is 1.90. The van der Waals surface area contributed by atoms with Gasteiger partial charge in [-0.25, -0.2) is 0 Å². The number of benzene rings is 1. The van der Waals surface area contributed by atoms with Crippen molar-refractivity contribution in [1.29, 1.82) is 0 Å². The minimum Gasteiger partial charge on any atom is -0.427 e. The van der Waals surface area contributed by atoms with Crippen molar-refractivity contribution in [3.63, 3.8) is 0 Å². The summed E-state index contributed by atoms with van der Waals surface area (Å²) in [5.74, 6) is -0.412. The first kappa shape index (κ1) is 11.6. The molecule has 1 aromatic carbocycles. The molecular weight excluding hydrogens is 232 g/mol. The van der Waals surface area contributed by atoms with Gasteiger partial charge < -0.3 is 4.74 Å². The van der Waals surface area contributed by atoms with Crippen LogP contribution in [0.3, 0.4) is 0 Å². The van der Waals surface area contributed by atoms with E-state index in [9.17, 15) is 18.9 Å². The molecule has 0 spiro atoms. The first-order valence-electron chi connectivity index (χ1n) is 3.82. The van der Waals surface area contributed by atoms with Gasteiger partial charge >= 0.3 is 12.3 Å². The Bertz CT molecular complexity index is 373. The quantitative estimate of drug-likeness (QED) is 0.460. The van der Waals surface area contributed by atoms with E-state index in [2.05, 4.69) is 4.74 Å². The van der Waals surface area contributed by atoms with Crippen LogP contribution in [0.15, 0.2) is 18.2 Å². The lowest BCUT2D eigenvalue weighted by Crippen LogP contribution is -2.04. The number of ether oxygens (including phenoxy) is 1. The van der Waals surface area contributed by atoms with Crippen LogP contribution in [0.25, 0.3) is 0 Å². The molecule has 0 unspecified atom stereocenters. The number of nitrogens with zero attached hydrogens (tertiary/aromatic N) is 1. The normalized spacial score (nSPS) is 10.4. The largest absolute Gasteiger partial charge is 0.427 e. The Morgan fingerprint density at radius 3 is 2.67 bits per heavy atom. The SMILES string of the molecule is O=[N+]([O-])c1ccc(CCl)cc1OC(F)F. The minimum atomic E-state index is -3.10. The minimum absolute atomic E-state index is 0.0671. The molecule has 7 heteroatoms. The summed E-state index contributed by atoms with van der Waals surface area (Å²) in [7, 11) is 0. The van der Waals surface area contributed by atoms with Crippen LogP contribution < -0.4 is 4.74 Å². The second-order valence-corrected chi connectivity index (χ2v) is 2.84. The van der Waals surface area contributed by atoms with Gasteiger partial charge in [-0.3, -0.25) is 10.1 Å². The zero-order valence-electron chi connectivity index (χ0n) is 7.32. The smallest absolute Gasteiger partial charge is 0.387 e. The summed E-state index contributed by atoms with van der Waals surface area (Å²) in [6, 6.07) is 3.58. The van der Waals surface area contributed by atoms with E-state index in [0.717, 1.165) is 12.1 Å². The van der Waals surface area contributed by atoms with Gasteiger partial charge in [-0.15, -0.1) is 11.6 Å². The second-order valence-electron chi connectivity index (χ2n) is 2.57. The maximum absolute atomic E-state index is 11.9. The lowest BCUT2D eigenvalue weighted by atomic mass is 10.2. The number of rotatable bonds is 4. The highest BCUT2D eigenvalue weighted by Crippen LogP contribution is 2.29. The summed E-state index contributed by atoms with van der Waals surface area (Å²) in [6.45, 7) is -3.10. The maximum Gasteiger partial charge on any atom is 0.387 e. The topological polar surface area (TPSA) is 52.4 Å². The average Bonchev–Trinajstić information content (AvgIpc) is 2.16. The fourth-order valence-electron chi connectivity index (χ4n) is 0.983. The molecule has 0 aromatic heterocycles. The Hall–Kier alpha value is -1.43. The van der Waals surface area contributed by atoms with Gasteiger partial charge in [0.1, 0.15) is 0 Å². The Labute approximate surface area is 88.6 Å². The lowest BCUT2D eigenvalue weighted by Gasteiger charge is -2.06. The van der Waals surface area contributed by atoms with Crippen molar-refractivity contribution in [2.75, 3.05) is 0 Å². The van der Waals surface area contributed by atoms with Crippen LogP contribution in [0, 0.1) is 10.1 Å². The molecule has 0 aliphatic carbocycles. The van der Waals surface area contributed by atoms with Crippen LogP contribution in [0.1, 0.15) is 5.56 Å². The van der Waals surface area contributed by atoms with Crippen molar-refractivity contribution in [2.24, 2.45) is 0 Å². The molecule has 0 saturated heterocycles. The number of halogens is 3. The fourth-order valence-corrected chi connectivity index (χ4v) is 1.15. The van der Waals surface area contributed by atoms with Crippen LogP contribution >= 0.6 is 11.6 Å². The molecule has 0 fully saturated rings. The van der Waals surface area contributed by atoms with E-state index in [0.29, 0.717) is 5.56 Å². The molecule has 0 atom stereocenters. The van der Waals surface area contributed by atoms with Crippen LogP contribution in [0.4, 0.5) is 14.5 Å². The summed E-state index contributed by atoms with van der Waals surface area (Å²) in [5.41, 5.74) is -0.0397. The van der Waals surface area contributed by atoms with Gasteiger partial charge in [-0.05, 0) is 11.6 Å². The highest BCUT2D eigenvalue weighted by molar-refractivity contribution is 6.17. The van der Waals surface area contributed by atoms with Crippen LogP contribution in [-0.4, -0.2) is 11.5 Å². The molecule has 0 aliphatic rings. The summed E-state index contributed by atoms with van der Waals surface area (Å²) in [4.78, 5) is 9.65. The van der Waals surface area contributed by atoms with Gasteiger partial charge in [-0.2, -0.15) is 8.78 Å². The number of nitro groups is 1. The predicted octanol–water partition coefficient (Wildman–Crippen LogP) is 2.94. The van der Waals surface area contributed by atoms with Crippen molar-refractivity contribution < 1.29 is 18.4 Å². The second kappa shape index (κ2) is 4.88.